The lowest BCUT2D eigenvalue weighted by atomic mass is 9.89. The Kier molecular flexibility index (Phi) is 3.81. The minimum atomic E-state index is -0.901. The molecule has 1 aromatic rings. The van der Waals surface area contributed by atoms with Crippen LogP contribution in [0.3, 0.4) is 0 Å². The van der Waals surface area contributed by atoms with Crippen LogP contribution in [0.2, 0.25) is 0 Å². The number of fused-ring (bicyclic) bond motifs is 1. The minimum Gasteiger partial charge on any atom is -0.481 e. The Morgan fingerprint density at radius 3 is 2.65 bits per heavy atom. The van der Waals surface area contributed by atoms with Gasteiger partial charge in [0.2, 0.25) is 5.91 Å². The van der Waals surface area contributed by atoms with E-state index in [4.69, 9.17) is 5.73 Å². The van der Waals surface area contributed by atoms with Gasteiger partial charge in [0.25, 0.3) is 0 Å². The lowest BCUT2D eigenvalue weighted by Gasteiger charge is -2.34. The number of hydrogen-bond acceptors (Lipinski definition) is 3. The first kappa shape index (κ1) is 14.5. The second-order valence-electron chi connectivity index (χ2n) is 6.03. The molecule has 0 bridgehead atoms. The number of hydrogen-bond donors (Lipinski definition) is 2. The van der Waals surface area contributed by atoms with Crippen LogP contribution in [0.1, 0.15) is 37.3 Å². The van der Waals surface area contributed by atoms with Crippen molar-refractivity contribution in [1.82, 2.24) is 4.90 Å². The van der Waals surface area contributed by atoms with Gasteiger partial charge in [-0.3, -0.25) is 9.59 Å². The molecule has 0 saturated carbocycles. The summed E-state index contributed by atoms with van der Waals surface area (Å²) in [7, 11) is 0. The van der Waals surface area contributed by atoms with Crippen LogP contribution >= 0.6 is 0 Å². The van der Waals surface area contributed by atoms with Gasteiger partial charge in [0.1, 0.15) is 0 Å². The summed E-state index contributed by atoms with van der Waals surface area (Å²) >= 11 is 0. The summed E-state index contributed by atoms with van der Waals surface area (Å²) in [6.07, 6.45) is 0.210. The normalized spacial score (nSPS) is 18.6. The molecule has 1 aromatic carbocycles. The Hall–Kier alpha value is -1.88. The molecule has 2 rings (SSSR count). The first-order chi connectivity index (χ1) is 9.28. The largest absolute Gasteiger partial charge is 0.481 e. The topological polar surface area (TPSA) is 83.6 Å². The molecule has 0 spiro atoms. The van der Waals surface area contributed by atoms with E-state index in [-0.39, 0.29) is 18.9 Å². The lowest BCUT2D eigenvalue weighted by Crippen LogP contribution is -2.45. The molecule has 1 atom stereocenters. The smallest absolute Gasteiger partial charge is 0.312 e. The van der Waals surface area contributed by atoms with E-state index in [0.29, 0.717) is 6.54 Å². The van der Waals surface area contributed by atoms with Crippen molar-refractivity contribution in [2.24, 2.45) is 5.73 Å². The molecule has 20 heavy (non-hydrogen) atoms. The summed E-state index contributed by atoms with van der Waals surface area (Å²) in [4.78, 5) is 25.2. The predicted octanol–water partition coefficient (Wildman–Crippen LogP) is 1.32. The second-order valence-corrected chi connectivity index (χ2v) is 6.03. The van der Waals surface area contributed by atoms with Gasteiger partial charge in [-0.05, 0) is 25.0 Å². The number of rotatable bonds is 3. The van der Waals surface area contributed by atoms with Crippen molar-refractivity contribution < 1.29 is 14.7 Å². The number of aliphatic carboxylic acids is 1. The summed E-state index contributed by atoms with van der Waals surface area (Å²) < 4.78 is 0. The fraction of sp³-hybridized carbons (Fsp3) is 0.467. The Labute approximate surface area is 118 Å². The van der Waals surface area contributed by atoms with E-state index in [1.165, 1.54) is 0 Å². The van der Waals surface area contributed by atoms with Gasteiger partial charge in [-0.25, -0.2) is 0 Å². The van der Waals surface area contributed by atoms with Gasteiger partial charge < -0.3 is 15.7 Å². The van der Waals surface area contributed by atoms with E-state index in [9.17, 15) is 14.7 Å². The maximum atomic E-state index is 12.2. The van der Waals surface area contributed by atoms with E-state index >= 15 is 0 Å². The third-order valence-corrected chi connectivity index (χ3v) is 3.45. The number of amides is 1. The highest BCUT2D eigenvalue weighted by Crippen LogP contribution is 2.29. The van der Waals surface area contributed by atoms with Crippen LogP contribution in [0.5, 0.6) is 0 Å². The summed E-state index contributed by atoms with van der Waals surface area (Å²) in [5.41, 5.74) is 6.98. The van der Waals surface area contributed by atoms with Crippen molar-refractivity contribution >= 4 is 11.9 Å². The maximum absolute atomic E-state index is 12.2. The number of carbonyl (C=O) groups excluding carboxylic acids is 1. The van der Waals surface area contributed by atoms with Gasteiger partial charge in [0.15, 0.2) is 0 Å². The molecule has 1 aliphatic rings. The van der Waals surface area contributed by atoms with Crippen molar-refractivity contribution in [3.05, 3.63) is 35.4 Å². The Morgan fingerprint density at radius 2 is 2.05 bits per heavy atom. The number of carbonyl (C=O) groups is 2. The highest BCUT2D eigenvalue weighted by atomic mass is 16.4. The van der Waals surface area contributed by atoms with Gasteiger partial charge in [0.05, 0.1) is 5.92 Å². The fourth-order valence-electron chi connectivity index (χ4n) is 2.51. The summed E-state index contributed by atoms with van der Waals surface area (Å²) in [6.45, 7) is 4.24. The molecule has 0 aromatic heterocycles. The molecular formula is C15H20N2O3. The van der Waals surface area contributed by atoms with Crippen molar-refractivity contribution in [3.8, 4) is 0 Å². The van der Waals surface area contributed by atoms with Gasteiger partial charge in [0, 0.05) is 25.0 Å². The molecule has 0 radical (unpaired) electrons. The molecule has 5 nitrogen and oxygen atoms in total. The first-order valence-corrected chi connectivity index (χ1v) is 6.65. The Bertz CT molecular complexity index is 534. The molecule has 0 saturated heterocycles. The van der Waals surface area contributed by atoms with Gasteiger partial charge in [-0.15, -0.1) is 0 Å². The van der Waals surface area contributed by atoms with E-state index in [0.717, 1.165) is 11.1 Å². The average molecular weight is 276 g/mol. The van der Waals surface area contributed by atoms with Crippen LogP contribution in [-0.2, 0) is 16.1 Å². The quantitative estimate of drug-likeness (QED) is 0.872. The second kappa shape index (κ2) is 5.25. The molecule has 3 N–H and O–H groups in total. The minimum absolute atomic E-state index is 0.0988. The highest BCUT2D eigenvalue weighted by molar-refractivity contribution is 5.82. The monoisotopic (exact) mass is 276 g/mol. The third kappa shape index (κ3) is 3.17. The number of benzene rings is 1. The Morgan fingerprint density at radius 1 is 1.40 bits per heavy atom. The zero-order chi connectivity index (χ0) is 14.9. The van der Waals surface area contributed by atoms with E-state index in [1.54, 1.807) is 18.7 Å². The number of nitrogens with two attached hydrogens (primary N) is 1. The molecular weight excluding hydrogens is 256 g/mol. The molecule has 108 valence electrons. The molecule has 5 heteroatoms. The van der Waals surface area contributed by atoms with E-state index < -0.39 is 17.4 Å². The standard InChI is InChI=1S/C15H20N2O3/c1-15(2,16)7-13(18)17-8-10-5-3-4-6-11(10)12(9-17)14(19)20/h3-6,12H,7-9,16H2,1-2H3,(H,19,20). The highest BCUT2D eigenvalue weighted by Gasteiger charge is 2.33. The lowest BCUT2D eigenvalue weighted by molar-refractivity contribution is -0.141. The number of carboxylic acid groups (broad SMARTS) is 1. The molecule has 1 heterocycles. The molecule has 1 aliphatic heterocycles. The average Bonchev–Trinajstić information content (AvgIpc) is 2.35. The first-order valence-electron chi connectivity index (χ1n) is 6.65. The van der Waals surface area contributed by atoms with E-state index in [2.05, 4.69) is 0 Å². The summed E-state index contributed by atoms with van der Waals surface area (Å²) in [5.74, 6) is -1.66. The predicted molar refractivity (Wildman–Crippen MR) is 75.1 cm³/mol. The van der Waals surface area contributed by atoms with Gasteiger partial charge in [-0.2, -0.15) is 0 Å². The number of nitrogens with zero attached hydrogens (tertiary/aromatic N) is 1. The van der Waals surface area contributed by atoms with Crippen LogP contribution in [0.15, 0.2) is 24.3 Å². The van der Waals surface area contributed by atoms with E-state index in [1.807, 2.05) is 24.3 Å². The van der Waals surface area contributed by atoms with Gasteiger partial charge >= 0.3 is 5.97 Å². The fourth-order valence-corrected chi connectivity index (χ4v) is 2.51. The Balaban J connectivity index is 2.24. The molecule has 0 aliphatic carbocycles. The molecule has 1 amide bonds. The summed E-state index contributed by atoms with van der Waals surface area (Å²) in [6, 6.07) is 7.38. The van der Waals surface area contributed by atoms with Gasteiger partial charge in [-0.1, -0.05) is 24.3 Å². The zero-order valence-corrected chi connectivity index (χ0v) is 11.8. The number of carboxylic acids is 1. The van der Waals surface area contributed by atoms with Crippen molar-refractivity contribution in [2.45, 2.75) is 38.3 Å². The van der Waals surface area contributed by atoms with Crippen LogP contribution in [0.4, 0.5) is 0 Å². The van der Waals surface area contributed by atoms with Crippen LogP contribution in [0, 0.1) is 0 Å². The van der Waals surface area contributed by atoms with Crippen molar-refractivity contribution in [1.29, 1.82) is 0 Å². The third-order valence-electron chi connectivity index (χ3n) is 3.45. The van der Waals surface area contributed by atoms with Crippen molar-refractivity contribution in [3.63, 3.8) is 0 Å². The molecule has 0 fully saturated rings. The maximum Gasteiger partial charge on any atom is 0.312 e. The van der Waals surface area contributed by atoms with Crippen LogP contribution < -0.4 is 5.73 Å². The van der Waals surface area contributed by atoms with Crippen molar-refractivity contribution in [2.75, 3.05) is 6.54 Å². The molecule has 1 unspecified atom stereocenters. The summed E-state index contributed by atoms with van der Waals surface area (Å²) in [5, 5.41) is 9.35. The van der Waals surface area contributed by atoms with Crippen LogP contribution in [0.25, 0.3) is 0 Å². The SMILES string of the molecule is CC(C)(N)CC(=O)N1Cc2ccccc2C(C(=O)O)C1. The van der Waals surface area contributed by atoms with Crippen LogP contribution in [-0.4, -0.2) is 34.0 Å². The zero-order valence-electron chi connectivity index (χ0n) is 11.8.